The predicted molar refractivity (Wildman–Crippen MR) is 60.6 cm³/mol. The summed E-state index contributed by atoms with van der Waals surface area (Å²) < 4.78 is 1.51. The molecule has 1 amide bonds. The number of carbonyl (C=O) groups is 1. The molecule has 0 aromatic heterocycles. The van der Waals surface area contributed by atoms with Crippen molar-refractivity contribution < 1.29 is 4.79 Å². The molecule has 0 spiro atoms. The number of carbonyl (C=O) groups excluding carboxylic acids is 1. The van der Waals surface area contributed by atoms with Gasteiger partial charge in [0.2, 0.25) is 5.91 Å². The number of nitrogens with two attached hydrogens (primary N) is 1. The van der Waals surface area contributed by atoms with Crippen LogP contribution >= 0.6 is 31.9 Å². The van der Waals surface area contributed by atoms with E-state index in [4.69, 9.17) is 5.73 Å². The first-order chi connectivity index (χ1) is 6.00. The minimum Gasteiger partial charge on any atom is -0.397 e. The van der Waals surface area contributed by atoms with Gasteiger partial charge in [-0.1, -0.05) is 0 Å². The van der Waals surface area contributed by atoms with Crippen LogP contribution in [0.15, 0.2) is 21.1 Å². The number of benzene rings is 1. The van der Waals surface area contributed by atoms with E-state index in [0.29, 0.717) is 11.4 Å². The third kappa shape index (κ3) is 2.70. The number of amides is 1. The summed E-state index contributed by atoms with van der Waals surface area (Å²) in [6.07, 6.45) is 0. The van der Waals surface area contributed by atoms with E-state index < -0.39 is 0 Å². The summed E-state index contributed by atoms with van der Waals surface area (Å²) in [6.45, 7) is 1.46. The van der Waals surface area contributed by atoms with Crippen LogP contribution in [0.2, 0.25) is 0 Å². The summed E-state index contributed by atoms with van der Waals surface area (Å²) >= 11 is 6.56. The van der Waals surface area contributed by atoms with Crippen LogP contribution in [-0.2, 0) is 4.79 Å². The van der Waals surface area contributed by atoms with Gasteiger partial charge in [-0.05, 0) is 44.0 Å². The van der Waals surface area contributed by atoms with Gasteiger partial charge >= 0.3 is 0 Å². The molecule has 70 valence electrons. The molecule has 0 atom stereocenters. The second kappa shape index (κ2) is 4.11. The highest BCUT2D eigenvalue weighted by atomic mass is 79.9. The van der Waals surface area contributed by atoms with E-state index in [-0.39, 0.29) is 5.91 Å². The number of hydrogen-bond donors (Lipinski definition) is 2. The molecule has 3 nitrogen and oxygen atoms in total. The van der Waals surface area contributed by atoms with E-state index in [1.54, 1.807) is 12.1 Å². The molecule has 0 unspecified atom stereocenters. The van der Waals surface area contributed by atoms with E-state index in [2.05, 4.69) is 37.2 Å². The lowest BCUT2D eigenvalue weighted by Gasteiger charge is -2.06. The Morgan fingerprint density at radius 1 is 1.38 bits per heavy atom. The maximum atomic E-state index is 10.7. The summed E-state index contributed by atoms with van der Waals surface area (Å²) in [5.41, 5.74) is 7.00. The smallest absolute Gasteiger partial charge is 0.221 e. The van der Waals surface area contributed by atoms with Crippen molar-refractivity contribution in [3.05, 3.63) is 21.1 Å². The molecule has 1 rings (SSSR count). The minimum absolute atomic E-state index is 0.108. The first-order valence-electron chi connectivity index (χ1n) is 3.53. The van der Waals surface area contributed by atoms with Crippen molar-refractivity contribution in [1.82, 2.24) is 0 Å². The van der Waals surface area contributed by atoms with Gasteiger partial charge in [0.15, 0.2) is 0 Å². The largest absolute Gasteiger partial charge is 0.397 e. The van der Waals surface area contributed by atoms with E-state index in [0.717, 1.165) is 8.95 Å². The van der Waals surface area contributed by atoms with Crippen molar-refractivity contribution in [2.45, 2.75) is 6.92 Å². The number of rotatable bonds is 1. The Kier molecular flexibility index (Phi) is 3.33. The number of halogens is 2. The first-order valence-corrected chi connectivity index (χ1v) is 5.11. The molecule has 5 heteroatoms. The lowest BCUT2D eigenvalue weighted by Crippen LogP contribution is -2.06. The second-order valence-electron chi connectivity index (χ2n) is 2.53. The molecule has 0 saturated heterocycles. The van der Waals surface area contributed by atoms with Gasteiger partial charge in [-0.2, -0.15) is 0 Å². The van der Waals surface area contributed by atoms with Crippen LogP contribution < -0.4 is 11.1 Å². The van der Waals surface area contributed by atoms with Crippen molar-refractivity contribution in [2.75, 3.05) is 11.1 Å². The first kappa shape index (κ1) is 10.5. The van der Waals surface area contributed by atoms with Crippen molar-refractivity contribution in [2.24, 2.45) is 0 Å². The number of hydrogen-bond acceptors (Lipinski definition) is 2. The topological polar surface area (TPSA) is 55.1 Å². The molecule has 0 bridgehead atoms. The molecule has 0 saturated carbocycles. The van der Waals surface area contributed by atoms with Crippen LogP contribution in [0.25, 0.3) is 0 Å². The Morgan fingerprint density at radius 3 is 2.23 bits per heavy atom. The van der Waals surface area contributed by atoms with Crippen LogP contribution in [0.3, 0.4) is 0 Å². The van der Waals surface area contributed by atoms with Crippen molar-refractivity contribution in [3.63, 3.8) is 0 Å². The predicted octanol–water partition coefficient (Wildman–Crippen LogP) is 2.75. The van der Waals surface area contributed by atoms with Gasteiger partial charge in [0, 0.05) is 21.6 Å². The molecule has 0 heterocycles. The van der Waals surface area contributed by atoms with Crippen molar-refractivity contribution >= 4 is 49.1 Å². The quantitative estimate of drug-likeness (QED) is 0.784. The fraction of sp³-hybridized carbons (Fsp3) is 0.125. The molecule has 0 aliphatic heterocycles. The molecule has 0 fully saturated rings. The molecule has 1 aromatic rings. The maximum absolute atomic E-state index is 10.7. The average Bonchev–Trinajstić information content (AvgIpc) is 1.98. The summed E-state index contributed by atoms with van der Waals surface area (Å²) in [4.78, 5) is 10.7. The number of anilines is 2. The standard InChI is InChI=1S/C8H8Br2N2O/c1-4(13)12-5-2-6(9)8(11)7(10)3-5/h2-3H,11H2,1H3,(H,12,13). The van der Waals surface area contributed by atoms with Crippen LogP contribution in [0, 0.1) is 0 Å². The van der Waals surface area contributed by atoms with E-state index >= 15 is 0 Å². The molecule has 3 N–H and O–H groups in total. The molecule has 13 heavy (non-hydrogen) atoms. The second-order valence-corrected chi connectivity index (χ2v) is 4.24. The van der Waals surface area contributed by atoms with Gasteiger partial charge in [0.25, 0.3) is 0 Å². The van der Waals surface area contributed by atoms with Crippen molar-refractivity contribution in [3.8, 4) is 0 Å². The Morgan fingerprint density at radius 2 is 1.85 bits per heavy atom. The third-order valence-corrected chi connectivity index (χ3v) is 2.71. The summed E-state index contributed by atoms with van der Waals surface area (Å²) in [5, 5.41) is 2.66. The number of nitrogen functional groups attached to an aromatic ring is 1. The van der Waals surface area contributed by atoms with E-state index in [1.807, 2.05) is 0 Å². The molecule has 0 aliphatic carbocycles. The highest BCUT2D eigenvalue weighted by Gasteiger charge is 2.04. The Bertz CT molecular complexity index is 329. The SMILES string of the molecule is CC(=O)Nc1cc(Br)c(N)c(Br)c1. The minimum atomic E-state index is -0.108. The van der Waals surface area contributed by atoms with Gasteiger partial charge in [0.05, 0.1) is 5.69 Å². The average molecular weight is 308 g/mol. The van der Waals surface area contributed by atoms with Crippen LogP contribution in [0.4, 0.5) is 11.4 Å². The van der Waals surface area contributed by atoms with Crippen LogP contribution in [0.5, 0.6) is 0 Å². The van der Waals surface area contributed by atoms with Gasteiger partial charge in [-0.25, -0.2) is 0 Å². The van der Waals surface area contributed by atoms with Gasteiger partial charge in [0.1, 0.15) is 0 Å². The zero-order valence-corrected chi connectivity index (χ0v) is 10.1. The number of nitrogens with one attached hydrogen (secondary N) is 1. The van der Waals surface area contributed by atoms with Gasteiger partial charge in [-0.15, -0.1) is 0 Å². The molecule has 0 radical (unpaired) electrons. The van der Waals surface area contributed by atoms with E-state index in [9.17, 15) is 4.79 Å². The van der Waals surface area contributed by atoms with Crippen LogP contribution in [0.1, 0.15) is 6.92 Å². The fourth-order valence-electron chi connectivity index (χ4n) is 0.860. The van der Waals surface area contributed by atoms with Gasteiger partial charge in [-0.3, -0.25) is 4.79 Å². The maximum Gasteiger partial charge on any atom is 0.221 e. The summed E-state index contributed by atoms with van der Waals surface area (Å²) in [5.74, 6) is -0.108. The van der Waals surface area contributed by atoms with Gasteiger partial charge < -0.3 is 11.1 Å². The third-order valence-electron chi connectivity index (χ3n) is 1.40. The lowest BCUT2D eigenvalue weighted by atomic mass is 10.3. The highest BCUT2D eigenvalue weighted by molar-refractivity contribution is 9.11. The Hall–Kier alpha value is -0.550. The highest BCUT2D eigenvalue weighted by Crippen LogP contribution is 2.31. The fourth-order valence-corrected chi connectivity index (χ4v) is 2.05. The molecule has 1 aromatic carbocycles. The van der Waals surface area contributed by atoms with E-state index in [1.165, 1.54) is 6.92 Å². The molecule has 0 aliphatic rings. The Balaban J connectivity index is 3.06. The lowest BCUT2D eigenvalue weighted by molar-refractivity contribution is -0.114. The normalized spacial score (nSPS) is 9.77. The zero-order valence-electron chi connectivity index (χ0n) is 6.90. The Labute approximate surface area is 92.9 Å². The molecular weight excluding hydrogens is 300 g/mol. The zero-order chi connectivity index (χ0) is 10.0. The van der Waals surface area contributed by atoms with Crippen molar-refractivity contribution in [1.29, 1.82) is 0 Å². The molecular formula is C8H8Br2N2O. The summed E-state index contributed by atoms with van der Waals surface area (Å²) in [6, 6.07) is 3.50. The van der Waals surface area contributed by atoms with Crippen LogP contribution in [-0.4, -0.2) is 5.91 Å². The monoisotopic (exact) mass is 306 g/mol. The summed E-state index contributed by atoms with van der Waals surface area (Å²) in [7, 11) is 0.